The van der Waals surface area contributed by atoms with Gasteiger partial charge in [0, 0.05) is 0 Å². The van der Waals surface area contributed by atoms with Crippen molar-refractivity contribution >= 4 is 0 Å². The molecule has 1 saturated heterocycles. The lowest BCUT2D eigenvalue weighted by Crippen LogP contribution is -1.94. The van der Waals surface area contributed by atoms with Crippen molar-refractivity contribution in [2.45, 2.75) is 6.29 Å². The minimum absolute atomic E-state index is 0.368. The van der Waals surface area contributed by atoms with E-state index in [-0.39, 0.29) is 6.29 Å². The lowest BCUT2D eigenvalue weighted by atomic mass is 10.4. The van der Waals surface area contributed by atoms with E-state index in [1.54, 1.807) is 12.1 Å². The summed E-state index contributed by atoms with van der Waals surface area (Å²) in [5.41, 5.74) is 0. The van der Waals surface area contributed by atoms with Crippen molar-refractivity contribution in [1.29, 1.82) is 0 Å². The fraction of sp³-hybridized carbons (Fsp3) is 0.333. The molecule has 0 atom stereocenters. The summed E-state index contributed by atoms with van der Waals surface area (Å²) in [6.45, 7) is 1.22. The predicted octanol–water partition coefficient (Wildman–Crippen LogP) is 1.31. The molecular weight excluding hydrogens is 156 g/mol. The minimum atomic E-state index is -0.368. The highest BCUT2D eigenvalue weighted by Gasteiger charge is 2.21. The Morgan fingerprint density at radius 3 is 2.67 bits per heavy atom. The van der Waals surface area contributed by atoms with E-state index in [9.17, 15) is 0 Å². The molecule has 1 fully saturated rings. The number of rotatable bonds is 1. The van der Waals surface area contributed by atoms with Gasteiger partial charge in [0.2, 0.25) is 6.29 Å². The molecule has 0 spiro atoms. The molecule has 3 nitrogen and oxygen atoms in total. The monoisotopic (exact) mass is 164 g/mol. The summed E-state index contributed by atoms with van der Waals surface area (Å²) in [6.07, 6.45) is 4.77. The van der Waals surface area contributed by atoms with Gasteiger partial charge in [-0.05, 0) is 18.1 Å². The third kappa shape index (κ3) is 1.22. The van der Waals surface area contributed by atoms with E-state index >= 15 is 0 Å². The Morgan fingerprint density at radius 2 is 2.08 bits per heavy atom. The molecule has 0 bridgehead atoms. The van der Waals surface area contributed by atoms with Gasteiger partial charge in [0.15, 0.2) is 11.5 Å². The minimum Gasteiger partial charge on any atom is -0.447 e. The molecule has 0 amide bonds. The van der Waals surface area contributed by atoms with Crippen molar-refractivity contribution in [1.82, 2.24) is 0 Å². The van der Waals surface area contributed by atoms with Crippen LogP contribution in [-0.2, 0) is 9.47 Å². The Bertz CT molecular complexity index is 302. The highest BCUT2D eigenvalue weighted by atomic mass is 16.7. The third-order valence-electron chi connectivity index (χ3n) is 1.62. The van der Waals surface area contributed by atoms with Crippen LogP contribution in [0.15, 0.2) is 16.5 Å². The maximum Gasteiger partial charge on any atom is 0.217 e. The van der Waals surface area contributed by atoms with Gasteiger partial charge < -0.3 is 13.9 Å². The second-order valence-electron chi connectivity index (χ2n) is 2.42. The van der Waals surface area contributed by atoms with Gasteiger partial charge in [0.25, 0.3) is 0 Å². The molecule has 1 aliphatic rings. The first-order chi connectivity index (χ1) is 5.90. The zero-order chi connectivity index (χ0) is 8.39. The molecule has 1 aromatic rings. The maximum atomic E-state index is 5.23. The van der Waals surface area contributed by atoms with Crippen molar-refractivity contribution < 1.29 is 13.9 Å². The quantitative estimate of drug-likeness (QED) is 0.586. The van der Waals surface area contributed by atoms with E-state index in [1.165, 1.54) is 0 Å². The van der Waals surface area contributed by atoms with Crippen LogP contribution in [0.1, 0.15) is 17.8 Å². The van der Waals surface area contributed by atoms with Crippen LogP contribution in [0.3, 0.4) is 0 Å². The molecule has 62 valence electrons. The summed E-state index contributed by atoms with van der Waals surface area (Å²) in [5.74, 6) is 3.54. The fourth-order valence-corrected chi connectivity index (χ4v) is 1.08. The fourth-order valence-electron chi connectivity index (χ4n) is 1.08. The standard InChI is InChI=1S/C9H8O3/c1-2-7-3-4-8(12-7)9-10-5-6-11-9/h1,3-4,9H,5-6H2. The van der Waals surface area contributed by atoms with Crippen LogP contribution in [0.5, 0.6) is 0 Å². The van der Waals surface area contributed by atoms with E-state index < -0.39 is 0 Å². The molecule has 0 aromatic carbocycles. The number of ether oxygens (including phenoxy) is 2. The first-order valence-corrected chi connectivity index (χ1v) is 3.70. The molecule has 12 heavy (non-hydrogen) atoms. The summed E-state index contributed by atoms with van der Waals surface area (Å²) in [5, 5.41) is 0. The first kappa shape index (κ1) is 7.41. The Morgan fingerprint density at radius 1 is 1.33 bits per heavy atom. The normalized spacial score (nSPS) is 17.9. The van der Waals surface area contributed by atoms with Crippen LogP contribution in [-0.4, -0.2) is 13.2 Å². The maximum absolute atomic E-state index is 5.23. The molecule has 1 aliphatic heterocycles. The third-order valence-corrected chi connectivity index (χ3v) is 1.62. The SMILES string of the molecule is C#Cc1ccc(C2OCCO2)o1. The Kier molecular flexibility index (Phi) is 1.86. The Balaban J connectivity index is 2.17. The Labute approximate surface area is 70.3 Å². The van der Waals surface area contributed by atoms with Gasteiger partial charge in [0.05, 0.1) is 13.2 Å². The second-order valence-corrected chi connectivity index (χ2v) is 2.42. The average Bonchev–Trinajstić information content (AvgIpc) is 2.75. The van der Waals surface area contributed by atoms with E-state index in [2.05, 4.69) is 5.92 Å². The van der Waals surface area contributed by atoms with Crippen molar-refractivity contribution in [2.24, 2.45) is 0 Å². The molecule has 0 saturated carbocycles. The van der Waals surface area contributed by atoms with Gasteiger partial charge in [-0.1, -0.05) is 0 Å². The highest BCUT2D eigenvalue weighted by Crippen LogP contribution is 2.24. The van der Waals surface area contributed by atoms with Gasteiger partial charge >= 0.3 is 0 Å². The molecule has 0 unspecified atom stereocenters. The number of hydrogen-bond donors (Lipinski definition) is 0. The van der Waals surface area contributed by atoms with Crippen molar-refractivity contribution in [3.8, 4) is 12.3 Å². The predicted molar refractivity (Wildman–Crippen MR) is 41.3 cm³/mol. The largest absolute Gasteiger partial charge is 0.447 e. The average molecular weight is 164 g/mol. The van der Waals surface area contributed by atoms with Gasteiger partial charge in [-0.2, -0.15) is 0 Å². The van der Waals surface area contributed by atoms with Crippen molar-refractivity contribution in [3.63, 3.8) is 0 Å². The zero-order valence-corrected chi connectivity index (χ0v) is 6.45. The smallest absolute Gasteiger partial charge is 0.217 e. The Hall–Kier alpha value is -1.24. The molecule has 0 radical (unpaired) electrons. The molecule has 1 aromatic heterocycles. The molecule has 0 aliphatic carbocycles. The van der Waals surface area contributed by atoms with E-state index in [0.29, 0.717) is 24.7 Å². The van der Waals surface area contributed by atoms with Crippen molar-refractivity contribution in [2.75, 3.05) is 13.2 Å². The van der Waals surface area contributed by atoms with E-state index in [0.717, 1.165) is 0 Å². The summed E-state index contributed by atoms with van der Waals surface area (Å²) < 4.78 is 15.7. The van der Waals surface area contributed by atoms with Gasteiger partial charge in [-0.3, -0.25) is 0 Å². The van der Waals surface area contributed by atoms with Crippen LogP contribution in [0.4, 0.5) is 0 Å². The lowest BCUT2D eigenvalue weighted by Gasteiger charge is -2.03. The summed E-state index contributed by atoms with van der Waals surface area (Å²) in [7, 11) is 0. The number of terminal acetylenes is 1. The molecule has 3 heteroatoms. The van der Waals surface area contributed by atoms with Gasteiger partial charge in [0.1, 0.15) is 0 Å². The van der Waals surface area contributed by atoms with Crippen LogP contribution >= 0.6 is 0 Å². The molecule has 0 N–H and O–H groups in total. The molecular formula is C9H8O3. The topological polar surface area (TPSA) is 31.6 Å². The van der Waals surface area contributed by atoms with Gasteiger partial charge in [-0.15, -0.1) is 6.42 Å². The summed E-state index contributed by atoms with van der Waals surface area (Å²) >= 11 is 0. The molecule has 2 rings (SSSR count). The molecule has 2 heterocycles. The summed E-state index contributed by atoms with van der Waals surface area (Å²) in [4.78, 5) is 0. The van der Waals surface area contributed by atoms with Gasteiger partial charge in [-0.25, -0.2) is 0 Å². The first-order valence-electron chi connectivity index (χ1n) is 3.70. The second kappa shape index (κ2) is 3.02. The van der Waals surface area contributed by atoms with E-state index in [4.69, 9.17) is 20.3 Å². The number of furan rings is 1. The van der Waals surface area contributed by atoms with Crippen LogP contribution in [0, 0.1) is 12.3 Å². The van der Waals surface area contributed by atoms with E-state index in [1.807, 2.05) is 0 Å². The highest BCUT2D eigenvalue weighted by molar-refractivity contribution is 5.23. The van der Waals surface area contributed by atoms with Crippen molar-refractivity contribution in [3.05, 3.63) is 23.7 Å². The van der Waals surface area contributed by atoms with Crippen LogP contribution in [0.2, 0.25) is 0 Å². The van der Waals surface area contributed by atoms with Crippen LogP contribution in [0.25, 0.3) is 0 Å². The van der Waals surface area contributed by atoms with Crippen LogP contribution < -0.4 is 0 Å². The number of hydrogen-bond acceptors (Lipinski definition) is 3. The zero-order valence-electron chi connectivity index (χ0n) is 6.45. The lowest BCUT2D eigenvalue weighted by molar-refractivity contribution is -0.0590. The summed E-state index contributed by atoms with van der Waals surface area (Å²) in [6, 6.07) is 3.49.